The normalized spacial score (nSPS) is 14.2. The molecule has 0 aliphatic heterocycles. The first-order chi connectivity index (χ1) is 4.95. The van der Waals surface area contributed by atoms with Crippen molar-refractivity contribution in [2.45, 2.75) is 26.2 Å². The third-order valence-corrected chi connectivity index (χ3v) is 2.08. The first-order valence-corrected chi connectivity index (χ1v) is 4.46. The zero-order valence-electron chi connectivity index (χ0n) is 6.54. The molecule has 2 N–H and O–H groups in total. The van der Waals surface area contributed by atoms with Gasteiger partial charge in [-0.15, -0.1) is 0 Å². The molecule has 0 bridgehead atoms. The van der Waals surface area contributed by atoms with Crippen LogP contribution in [0.3, 0.4) is 0 Å². The van der Waals surface area contributed by atoms with Gasteiger partial charge in [-0.05, 0) is 24.1 Å². The maximum Gasteiger partial charge on any atom is 0.472 e. The third-order valence-electron chi connectivity index (χ3n) is 1.31. The molecule has 0 aliphatic carbocycles. The number of rotatable bonds is 4. The maximum absolute atomic E-state index is 8.83. The molecule has 0 heterocycles. The Hall–Kier alpha value is 0.715. The highest BCUT2D eigenvalue weighted by Crippen LogP contribution is 2.17. The zero-order chi connectivity index (χ0) is 9.02. The lowest BCUT2D eigenvalue weighted by molar-refractivity contribution is 0.342. The van der Waals surface area contributed by atoms with Crippen molar-refractivity contribution < 1.29 is 10.0 Å². The highest BCUT2D eigenvalue weighted by Gasteiger charge is 2.28. The number of nitrogens with zero attached hydrogens (tertiary/aromatic N) is 1. The first kappa shape index (κ1) is 11.7. The summed E-state index contributed by atoms with van der Waals surface area (Å²) < 4.78 is 1.12. The molecule has 0 rings (SSSR count). The van der Waals surface area contributed by atoms with Gasteiger partial charge in [0, 0.05) is 16.1 Å². The van der Waals surface area contributed by atoms with E-state index in [1.165, 1.54) is 0 Å². The Kier molecular flexibility index (Phi) is 5.73. The lowest BCUT2D eigenvalue weighted by atomic mass is 9.76. The van der Waals surface area contributed by atoms with Crippen LogP contribution in [-0.4, -0.2) is 26.6 Å². The molecular weight excluding hydrogens is 232 g/mol. The Bertz CT molecular complexity index is 107. The number of hydrogen-bond acceptors (Lipinski definition) is 3. The molecule has 0 saturated heterocycles. The van der Waals surface area contributed by atoms with Crippen LogP contribution in [0, 0.1) is 5.92 Å². The number of halogens is 2. The molecule has 1 atom stereocenters. The zero-order valence-corrected chi connectivity index (χ0v) is 8.88. The fourth-order valence-electron chi connectivity index (χ4n) is 0.785. The van der Waals surface area contributed by atoms with Crippen LogP contribution in [0.1, 0.15) is 20.3 Å². The van der Waals surface area contributed by atoms with Gasteiger partial charge in [0.1, 0.15) is 0 Å². The Labute approximate surface area is 80.9 Å². The van der Waals surface area contributed by atoms with Crippen LogP contribution in [0.25, 0.3) is 0 Å². The monoisotopic (exact) mass is 243 g/mol. The van der Waals surface area contributed by atoms with Gasteiger partial charge in [-0.2, -0.15) is 3.45 Å². The largest absolute Gasteiger partial charge is 0.472 e. The van der Waals surface area contributed by atoms with E-state index in [-0.39, 0.29) is 0 Å². The molecule has 0 aromatic rings. The smallest absolute Gasteiger partial charge is 0.426 e. The second-order valence-corrected chi connectivity index (χ2v) is 4.41. The second-order valence-electron chi connectivity index (χ2n) is 2.87. The summed E-state index contributed by atoms with van der Waals surface area (Å²) in [5, 5.41) is 17.7. The summed E-state index contributed by atoms with van der Waals surface area (Å²) in [5.74, 6) is -0.0859. The van der Waals surface area contributed by atoms with Crippen molar-refractivity contribution in [2.24, 2.45) is 5.92 Å². The Balaban J connectivity index is 3.90. The third kappa shape index (κ3) is 5.03. The molecule has 0 aromatic carbocycles. The van der Waals surface area contributed by atoms with Gasteiger partial charge in [0.2, 0.25) is 0 Å². The van der Waals surface area contributed by atoms with E-state index in [0.717, 1.165) is 3.45 Å². The summed E-state index contributed by atoms with van der Waals surface area (Å²) >= 11 is 8.46. The van der Waals surface area contributed by atoms with Gasteiger partial charge in [-0.25, -0.2) is 0 Å². The number of hydrogen-bond donors (Lipinski definition) is 2. The first-order valence-electron chi connectivity index (χ1n) is 3.42. The average Bonchev–Trinajstić information content (AvgIpc) is 1.81. The molecule has 0 aliphatic rings. The van der Waals surface area contributed by atoms with Crippen molar-refractivity contribution in [2.75, 3.05) is 0 Å². The van der Waals surface area contributed by atoms with E-state index in [1.54, 1.807) is 0 Å². The van der Waals surface area contributed by atoms with Crippen LogP contribution in [-0.2, 0) is 0 Å². The van der Waals surface area contributed by atoms with Gasteiger partial charge in [-0.1, -0.05) is 13.8 Å². The molecule has 3 nitrogen and oxygen atoms in total. The second kappa shape index (κ2) is 5.38. The standard InChI is InChI=1S/C5H12BBrClNO2/c1-4(2)3-5(6(10)11)9(7)8/h4-5,10-11H,3H2,1-2H3. The van der Waals surface area contributed by atoms with Crippen molar-refractivity contribution in [3.63, 3.8) is 0 Å². The van der Waals surface area contributed by atoms with Gasteiger partial charge < -0.3 is 10.0 Å². The van der Waals surface area contributed by atoms with Crippen molar-refractivity contribution in [1.29, 1.82) is 0 Å². The molecule has 0 amide bonds. The van der Waals surface area contributed by atoms with E-state index in [1.807, 2.05) is 13.8 Å². The Morgan fingerprint density at radius 1 is 1.55 bits per heavy atom. The van der Waals surface area contributed by atoms with Crippen LogP contribution in [0.5, 0.6) is 0 Å². The van der Waals surface area contributed by atoms with Gasteiger partial charge >= 0.3 is 7.12 Å². The fourth-order valence-corrected chi connectivity index (χ4v) is 1.34. The van der Waals surface area contributed by atoms with Crippen LogP contribution in [0.15, 0.2) is 0 Å². The molecule has 0 spiro atoms. The van der Waals surface area contributed by atoms with E-state index in [4.69, 9.17) is 21.8 Å². The van der Waals surface area contributed by atoms with E-state index in [0.29, 0.717) is 12.3 Å². The summed E-state index contributed by atoms with van der Waals surface area (Å²) in [5.41, 5.74) is 0. The van der Waals surface area contributed by atoms with Gasteiger partial charge in [-0.3, -0.25) is 0 Å². The summed E-state index contributed by atoms with van der Waals surface area (Å²) in [6.45, 7) is 3.98. The Morgan fingerprint density at radius 3 is 2.09 bits per heavy atom. The molecule has 0 aromatic heterocycles. The van der Waals surface area contributed by atoms with Crippen molar-refractivity contribution in [3.8, 4) is 0 Å². The van der Waals surface area contributed by atoms with E-state index >= 15 is 0 Å². The summed E-state index contributed by atoms with van der Waals surface area (Å²) in [7, 11) is -1.41. The van der Waals surface area contributed by atoms with Gasteiger partial charge in [0.05, 0.1) is 5.94 Å². The van der Waals surface area contributed by atoms with Crippen LogP contribution < -0.4 is 0 Å². The van der Waals surface area contributed by atoms with Crippen LogP contribution in [0.4, 0.5) is 0 Å². The highest BCUT2D eigenvalue weighted by molar-refractivity contribution is 9.08. The molecular formula is C5H12BBrClNO2. The van der Waals surface area contributed by atoms with E-state index in [2.05, 4.69) is 16.1 Å². The van der Waals surface area contributed by atoms with E-state index in [9.17, 15) is 0 Å². The summed E-state index contributed by atoms with van der Waals surface area (Å²) in [6, 6.07) is 0. The minimum Gasteiger partial charge on any atom is -0.426 e. The van der Waals surface area contributed by atoms with Crippen LogP contribution >= 0.6 is 27.9 Å². The minimum absolute atomic E-state index is 0.376. The topological polar surface area (TPSA) is 43.7 Å². The molecule has 0 radical (unpaired) electrons. The molecule has 66 valence electrons. The maximum atomic E-state index is 8.83. The van der Waals surface area contributed by atoms with E-state index < -0.39 is 13.1 Å². The predicted octanol–water partition coefficient (Wildman–Crippen LogP) is 1.18. The summed E-state index contributed by atoms with van der Waals surface area (Å²) in [6.07, 6.45) is 0.631. The predicted molar refractivity (Wildman–Crippen MR) is 50.1 cm³/mol. The molecule has 0 saturated carbocycles. The van der Waals surface area contributed by atoms with Crippen LogP contribution in [0.2, 0.25) is 0 Å². The SMILES string of the molecule is CC(C)CC(B(O)O)N(Cl)Br. The minimum atomic E-state index is -1.41. The molecule has 0 fully saturated rings. The summed E-state index contributed by atoms with van der Waals surface area (Å²) in [4.78, 5) is 0. The van der Waals surface area contributed by atoms with Crippen molar-refractivity contribution >= 4 is 35.0 Å². The quantitative estimate of drug-likeness (QED) is 0.576. The fraction of sp³-hybridized carbons (Fsp3) is 1.00. The highest BCUT2D eigenvalue weighted by atomic mass is 79.9. The van der Waals surface area contributed by atoms with Crippen molar-refractivity contribution in [3.05, 3.63) is 0 Å². The lowest BCUT2D eigenvalue weighted by Gasteiger charge is -2.20. The molecule has 11 heavy (non-hydrogen) atoms. The van der Waals surface area contributed by atoms with Crippen molar-refractivity contribution in [1.82, 2.24) is 3.45 Å². The lowest BCUT2D eigenvalue weighted by Crippen LogP contribution is -2.38. The van der Waals surface area contributed by atoms with Gasteiger partial charge in [0.25, 0.3) is 0 Å². The molecule has 1 unspecified atom stereocenters. The average molecular weight is 244 g/mol. The Morgan fingerprint density at radius 2 is 2.00 bits per heavy atom. The van der Waals surface area contributed by atoms with Gasteiger partial charge in [0.15, 0.2) is 0 Å². The molecule has 6 heteroatoms.